The zero-order valence-electron chi connectivity index (χ0n) is 11.3. The second kappa shape index (κ2) is 5.01. The fourth-order valence-corrected chi connectivity index (χ4v) is 2.04. The Morgan fingerprint density at radius 2 is 1.94 bits per heavy atom. The van der Waals surface area contributed by atoms with Gasteiger partial charge >= 0.3 is 0 Å². The minimum atomic E-state index is -0.104. The predicted molar refractivity (Wildman–Crippen MR) is 71.7 cm³/mol. The van der Waals surface area contributed by atoms with E-state index < -0.39 is 0 Å². The highest BCUT2D eigenvalue weighted by Gasteiger charge is 2.25. The lowest BCUT2D eigenvalue weighted by atomic mass is 9.80. The Kier molecular flexibility index (Phi) is 4.15. The van der Waals surface area contributed by atoms with Crippen LogP contribution in [-0.2, 0) is 6.42 Å². The second-order valence-electron chi connectivity index (χ2n) is 5.42. The number of hydrogen-bond donors (Lipinski definition) is 1. The number of nitrogens with two attached hydrogens (primary N) is 1. The van der Waals surface area contributed by atoms with Gasteiger partial charge in [0.15, 0.2) is 0 Å². The molecule has 0 bridgehead atoms. The summed E-state index contributed by atoms with van der Waals surface area (Å²) in [6.07, 6.45) is 2.10. The monoisotopic (exact) mass is 219 g/mol. The summed E-state index contributed by atoms with van der Waals surface area (Å²) in [7, 11) is 0. The minimum absolute atomic E-state index is 0.104. The molecule has 90 valence electrons. The molecule has 1 rings (SSSR count). The van der Waals surface area contributed by atoms with Gasteiger partial charge in [-0.1, -0.05) is 44.0 Å². The molecule has 0 aliphatic carbocycles. The number of benzene rings is 1. The van der Waals surface area contributed by atoms with Gasteiger partial charge in [0.1, 0.15) is 0 Å². The lowest BCUT2D eigenvalue weighted by Gasteiger charge is -2.32. The van der Waals surface area contributed by atoms with Crippen molar-refractivity contribution in [2.24, 2.45) is 11.7 Å². The molecule has 0 fully saturated rings. The summed E-state index contributed by atoms with van der Waals surface area (Å²) in [6, 6.07) is 6.62. The number of aryl methyl sites for hydroxylation is 2. The largest absolute Gasteiger partial charge is 0.325 e. The maximum atomic E-state index is 6.42. The van der Waals surface area contributed by atoms with Crippen molar-refractivity contribution in [2.75, 3.05) is 0 Å². The Bertz CT molecular complexity index is 352. The maximum absolute atomic E-state index is 6.42. The lowest BCUT2D eigenvalue weighted by molar-refractivity contribution is 0.306. The Morgan fingerprint density at radius 3 is 2.50 bits per heavy atom. The van der Waals surface area contributed by atoms with E-state index in [1.54, 1.807) is 0 Å². The third-order valence-electron chi connectivity index (χ3n) is 3.81. The predicted octanol–water partition coefficient (Wildman–Crippen LogP) is 3.61. The van der Waals surface area contributed by atoms with E-state index in [2.05, 4.69) is 52.8 Å². The molecule has 16 heavy (non-hydrogen) atoms. The first-order valence-electron chi connectivity index (χ1n) is 6.22. The molecule has 0 aliphatic heterocycles. The molecule has 1 heteroatoms. The van der Waals surface area contributed by atoms with E-state index in [0.29, 0.717) is 5.92 Å². The minimum Gasteiger partial charge on any atom is -0.325 e. The molecule has 0 saturated carbocycles. The van der Waals surface area contributed by atoms with Gasteiger partial charge in [0.2, 0.25) is 0 Å². The molecule has 2 unspecified atom stereocenters. The molecule has 2 N–H and O–H groups in total. The Balaban J connectivity index is 2.91. The van der Waals surface area contributed by atoms with E-state index in [9.17, 15) is 0 Å². The summed E-state index contributed by atoms with van der Waals surface area (Å²) < 4.78 is 0. The summed E-state index contributed by atoms with van der Waals surface area (Å²) in [5.74, 6) is 0.549. The standard InChI is InChI=1S/C15H25N/c1-6-13(4)15(5,16)10-14-9-11(2)7-8-12(14)3/h7-9,13H,6,10,16H2,1-5H3. The van der Waals surface area contributed by atoms with Gasteiger partial charge in [0.05, 0.1) is 0 Å². The molecular formula is C15H25N. The molecule has 1 aromatic rings. The van der Waals surface area contributed by atoms with Crippen molar-refractivity contribution >= 4 is 0 Å². The van der Waals surface area contributed by atoms with Crippen LogP contribution in [-0.4, -0.2) is 5.54 Å². The quantitative estimate of drug-likeness (QED) is 0.822. The van der Waals surface area contributed by atoms with Crippen LogP contribution < -0.4 is 5.73 Å². The van der Waals surface area contributed by atoms with Crippen LogP contribution in [0.2, 0.25) is 0 Å². The highest BCUT2D eigenvalue weighted by molar-refractivity contribution is 5.31. The molecule has 0 aliphatic rings. The van der Waals surface area contributed by atoms with Crippen LogP contribution in [0.5, 0.6) is 0 Å². The smallest absolute Gasteiger partial charge is 0.0192 e. The van der Waals surface area contributed by atoms with Crippen molar-refractivity contribution in [3.8, 4) is 0 Å². The average molecular weight is 219 g/mol. The molecule has 0 saturated heterocycles. The Hall–Kier alpha value is -0.820. The van der Waals surface area contributed by atoms with Crippen molar-refractivity contribution < 1.29 is 0 Å². The SMILES string of the molecule is CCC(C)C(C)(N)Cc1cc(C)ccc1C. The van der Waals surface area contributed by atoms with Gasteiger partial charge in [0.25, 0.3) is 0 Å². The third-order valence-corrected chi connectivity index (χ3v) is 3.81. The first-order valence-corrected chi connectivity index (χ1v) is 6.22. The summed E-state index contributed by atoms with van der Waals surface area (Å²) in [5, 5.41) is 0. The molecule has 1 aromatic carbocycles. The van der Waals surface area contributed by atoms with Crippen LogP contribution in [0.15, 0.2) is 18.2 Å². The van der Waals surface area contributed by atoms with Crippen LogP contribution in [0.4, 0.5) is 0 Å². The van der Waals surface area contributed by atoms with Gasteiger partial charge in [-0.15, -0.1) is 0 Å². The summed E-state index contributed by atoms with van der Waals surface area (Å²) in [6.45, 7) is 10.9. The van der Waals surface area contributed by atoms with Gasteiger partial charge < -0.3 is 5.73 Å². The van der Waals surface area contributed by atoms with Crippen LogP contribution >= 0.6 is 0 Å². The highest BCUT2D eigenvalue weighted by atomic mass is 14.7. The maximum Gasteiger partial charge on any atom is 0.0192 e. The molecule has 0 spiro atoms. The Morgan fingerprint density at radius 1 is 1.31 bits per heavy atom. The third kappa shape index (κ3) is 3.08. The Labute approximate surface area is 100 Å². The highest BCUT2D eigenvalue weighted by Crippen LogP contribution is 2.24. The second-order valence-corrected chi connectivity index (χ2v) is 5.42. The van der Waals surface area contributed by atoms with E-state index in [0.717, 1.165) is 12.8 Å². The van der Waals surface area contributed by atoms with Crippen molar-refractivity contribution in [2.45, 2.75) is 53.0 Å². The molecule has 2 atom stereocenters. The molecule has 1 nitrogen and oxygen atoms in total. The average Bonchev–Trinajstić information content (AvgIpc) is 2.22. The van der Waals surface area contributed by atoms with Crippen LogP contribution in [0, 0.1) is 19.8 Å². The van der Waals surface area contributed by atoms with E-state index in [4.69, 9.17) is 5.73 Å². The fraction of sp³-hybridized carbons (Fsp3) is 0.600. The fourth-order valence-electron chi connectivity index (χ4n) is 2.04. The van der Waals surface area contributed by atoms with Crippen molar-refractivity contribution in [3.63, 3.8) is 0 Å². The molecule has 0 radical (unpaired) electrons. The van der Waals surface area contributed by atoms with E-state index >= 15 is 0 Å². The topological polar surface area (TPSA) is 26.0 Å². The van der Waals surface area contributed by atoms with E-state index in [1.165, 1.54) is 16.7 Å². The molecule has 0 amide bonds. The summed E-state index contributed by atoms with van der Waals surface area (Å²) in [4.78, 5) is 0. The summed E-state index contributed by atoms with van der Waals surface area (Å²) in [5.41, 5.74) is 10.4. The van der Waals surface area contributed by atoms with Gasteiger partial charge in [-0.25, -0.2) is 0 Å². The summed E-state index contributed by atoms with van der Waals surface area (Å²) >= 11 is 0. The zero-order valence-corrected chi connectivity index (χ0v) is 11.3. The first-order chi connectivity index (χ1) is 7.36. The lowest BCUT2D eigenvalue weighted by Crippen LogP contribution is -2.45. The van der Waals surface area contributed by atoms with Crippen LogP contribution in [0.3, 0.4) is 0 Å². The van der Waals surface area contributed by atoms with Gasteiger partial charge in [-0.2, -0.15) is 0 Å². The first kappa shape index (κ1) is 13.2. The normalized spacial score (nSPS) is 16.9. The molecular weight excluding hydrogens is 194 g/mol. The number of hydrogen-bond acceptors (Lipinski definition) is 1. The van der Waals surface area contributed by atoms with E-state index in [-0.39, 0.29) is 5.54 Å². The van der Waals surface area contributed by atoms with Crippen molar-refractivity contribution in [1.29, 1.82) is 0 Å². The van der Waals surface area contributed by atoms with Gasteiger partial charge in [-0.3, -0.25) is 0 Å². The van der Waals surface area contributed by atoms with Crippen molar-refractivity contribution in [1.82, 2.24) is 0 Å². The van der Waals surface area contributed by atoms with Gasteiger partial charge in [-0.05, 0) is 44.2 Å². The van der Waals surface area contributed by atoms with Crippen LogP contribution in [0.1, 0.15) is 43.9 Å². The van der Waals surface area contributed by atoms with Gasteiger partial charge in [0, 0.05) is 5.54 Å². The molecule has 0 heterocycles. The zero-order chi connectivity index (χ0) is 12.3. The van der Waals surface area contributed by atoms with Crippen molar-refractivity contribution in [3.05, 3.63) is 34.9 Å². The molecule has 0 aromatic heterocycles. The van der Waals surface area contributed by atoms with Crippen LogP contribution in [0.25, 0.3) is 0 Å². The van der Waals surface area contributed by atoms with E-state index in [1.807, 2.05) is 0 Å². The number of rotatable bonds is 4.